The summed E-state index contributed by atoms with van der Waals surface area (Å²) in [5, 5.41) is 13.3. The molecule has 1 N–H and O–H groups in total. The highest BCUT2D eigenvalue weighted by atomic mass is 16.4. The first-order valence-electron chi connectivity index (χ1n) is 6.09. The van der Waals surface area contributed by atoms with Crippen LogP contribution in [-0.2, 0) is 0 Å². The van der Waals surface area contributed by atoms with Crippen molar-refractivity contribution in [2.24, 2.45) is 0 Å². The fourth-order valence-corrected chi connectivity index (χ4v) is 2.35. The topological polar surface area (TPSA) is 70.7 Å². The largest absolute Gasteiger partial charge is 0.477 e. The van der Waals surface area contributed by atoms with E-state index in [-0.39, 0.29) is 5.69 Å². The monoisotopic (exact) mass is 246 g/mol. The maximum atomic E-state index is 11.1. The Bertz CT molecular complexity index is 587. The first kappa shape index (κ1) is 11.0. The van der Waals surface area contributed by atoms with Gasteiger partial charge in [-0.15, -0.1) is 0 Å². The maximum Gasteiger partial charge on any atom is 0.354 e. The summed E-state index contributed by atoms with van der Waals surface area (Å²) in [5.74, 6) is -0.181. The zero-order valence-electron chi connectivity index (χ0n) is 9.91. The number of rotatable bonds is 2. The van der Waals surface area contributed by atoms with Crippen LogP contribution in [0, 0.1) is 0 Å². The molecule has 0 aromatic carbocycles. The summed E-state index contributed by atoms with van der Waals surface area (Å²) < 4.78 is 1.71. The second-order valence-corrected chi connectivity index (χ2v) is 4.45. The molecule has 0 spiro atoms. The van der Waals surface area contributed by atoms with Crippen molar-refractivity contribution >= 4 is 17.4 Å². The summed E-state index contributed by atoms with van der Waals surface area (Å²) in [6, 6.07) is 3.33. The number of aromatic carboxylic acids is 1. The van der Waals surface area contributed by atoms with E-state index in [1.165, 1.54) is 6.42 Å². The summed E-state index contributed by atoms with van der Waals surface area (Å²) in [6.07, 6.45) is 5.14. The second kappa shape index (κ2) is 4.29. The molecule has 0 bridgehead atoms. The lowest BCUT2D eigenvalue weighted by atomic mass is 10.1. The highest BCUT2D eigenvalue weighted by Crippen LogP contribution is 2.21. The molecule has 0 unspecified atom stereocenters. The van der Waals surface area contributed by atoms with Gasteiger partial charge >= 0.3 is 5.97 Å². The second-order valence-electron chi connectivity index (χ2n) is 4.45. The fourth-order valence-electron chi connectivity index (χ4n) is 2.35. The number of carboxylic acid groups (broad SMARTS) is 1. The molecular weight excluding hydrogens is 232 g/mol. The molecule has 1 aliphatic heterocycles. The van der Waals surface area contributed by atoms with Crippen LogP contribution in [0.15, 0.2) is 18.3 Å². The molecule has 0 aliphatic carbocycles. The van der Waals surface area contributed by atoms with Crippen molar-refractivity contribution in [1.29, 1.82) is 0 Å². The van der Waals surface area contributed by atoms with Crippen LogP contribution in [-0.4, -0.2) is 38.8 Å². The Hall–Kier alpha value is -2.11. The summed E-state index contributed by atoms with van der Waals surface area (Å²) in [5.41, 5.74) is 0.652. The Kier molecular flexibility index (Phi) is 2.62. The molecule has 3 rings (SSSR count). The van der Waals surface area contributed by atoms with Gasteiger partial charge in [-0.2, -0.15) is 9.61 Å². The minimum Gasteiger partial charge on any atom is -0.477 e. The van der Waals surface area contributed by atoms with Crippen LogP contribution in [0.3, 0.4) is 0 Å². The number of hydrogen-bond acceptors (Lipinski definition) is 4. The van der Waals surface area contributed by atoms with Gasteiger partial charge in [0.2, 0.25) is 0 Å². The molecule has 0 atom stereocenters. The van der Waals surface area contributed by atoms with Crippen molar-refractivity contribution in [3.63, 3.8) is 0 Å². The van der Waals surface area contributed by atoms with Gasteiger partial charge in [-0.3, -0.25) is 0 Å². The average Bonchev–Trinajstić information content (AvgIpc) is 2.86. The number of aromatic nitrogens is 3. The van der Waals surface area contributed by atoms with Gasteiger partial charge in [0.05, 0.1) is 6.20 Å². The van der Waals surface area contributed by atoms with Gasteiger partial charge in [0.25, 0.3) is 0 Å². The molecule has 0 radical (unpaired) electrons. The predicted molar refractivity (Wildman–Crippen MR) is 66.0 cm³/mol. The van der Waals surface area contributed by atoms with E-state index in [0.29, 0.717) is 5.65 Å². The average molecular weight is 246 g/mol. The third-order valence-corrected chi connectivity index (χ3v) is 3.24. The SMILES string of the molecule is O=C(O)c1cc(N2CCCCC2)n2nccc2n1. The van der Waals surface area contributed by atoms with Crippen molar-refractivity contribution in [2.75, 3.05) is 18.0 Å². The normalized spacial score (nSPS) is 16.1. The standard InChI is InChI=1S/C12H14N4O2/c17-12(18)9-8-11(15-6-2-1-3-7-15)16-10(14-9)4-5-13-16/h4-5,8H,1-3,6-7H2,(H,17,18). The number of carboxylic acids is 1. The van der Waals surface area contributed by atoms with Gasteiger partial charge in [-0.1, -0.05) is 0 Å². The number of hydrogen-bond donors (Lipinski definition) is 1. The minimum atomic E-state index is -1.00. The van der Waals surface area contributed by atoms with Gasteiger partial charge in [-0.05, 0) is 19.3 Å². The summed E-state index contributed by atoms with van der Waals surface area (Å²) in [6.45, 7) is 1.88. The Labute approximate surface area is 104 Å². The zero-order valence-corrected chi connectivity index (χ0v) is 9.91. The predicted octanol–water partition coefficient (Wildman–Crippen LogP) is 1.42. The van der Waals surface area contributed by atoms with Gasteiger partial charge in [0, 0.05) is 25.2 Å². The van der Waals surface area contributed by atoms with E-state index in [9.17, 15) is 4.79 Å². The van der Waals surface area contributed by atoms with Gasteiger partial charge in [0.15, 0.2) is 11.3 Å². The van der Waals surface area contributed by atoms with E-state index in [2.05, 4.69) is 15.0 Å². The van der Waals surface area contributed by atoms with Crippen LogP contribution in [0.4, 0.5) is 5.82 Å². The van der Waals surface area contributed by atoms with Crippen LogP contribution < -0.4 is 4.90 Å². The van der Waals surface area contributed by atoms with E-state index >= 15 is 0 Å². The molecule has 18 heavy (non-hydrogen) atoms. The van der Waals surface area contributed by atoms with E-state index in [1.54, 1.807) is 22.8 Å². The number of anilines is 1. The molecule has 6 heteroatoms. The first-order valence-corrected chi connectivity index (χ1v) is 6.09. The molecule has 0 saturated carbocycles. The molecule has 2 aromatic rings. The van der Waals surface area contributed by atoms with E-state index in [4.69, 9.17) is 5.11 Å². The van der Waals surface area contributed by atoms with Crippen LogP contribution in [0.2, 0.25) is 0 Å². The number of piperidine rings is 1. The highest BCUT2D eigenvalue weighted by molar-refractivity contribution is 5.87. The molecule has 2 aromatic heterocycles. The lowest BCUT2D eigenvalue weighted by molar-refractivity contribution is 0.0690. The number of carbonyl (C=O) groups is 1. The fraction of sp³-hybridized carbons (Fsp3) is 0.417. The third kappa shape index (κ3) is 1.79. The van der Waals surface area contributed by atoms with Crippen molar-refractivity contribution < 1.29 is 9.90 Å². The van der Waals surface area contributed by atoms with Crippen molar-refractivity contribution in [3.05, 3.63) is 24.0 Å². The van der Waals surface area contributed by atoms with Crippen molar-refractivity contribution in [3.8, 4) is 0 Å². The molecular formula is C12H14N4O2. The number of fused-ring (bicyclic) bond motifs is 1. The lowest BCUT2D eigenvalue weighted by Gasteiger charge is -2.28. The van der Waals surface area contributed by atoms with E-state index in [1.807, 2.05) is 0 Å². The lowest BCUT2D eigenvalue weighted by Crippen LogP contribution is -2.31. The Morgan fingerprint density at radius 3 is 2.78 bits per heavy atom. The van der Waals surface area contributed by atoms with Gasteiger partial charge in [-0.25, -0.2) is 9.78 Å². The molecule has 0 amide bonds. The Morgan fingerprint density at radius 2 is 2.06 bits per heavy atom. The summed E-state index contributed by atoms with van der Waals surface area (Å²) in [4.78, 5) is 17.3. The minimum absolute atomic E-state index is 0.0728. The van der Waals surface area contributed by atoms with Crippen LogP contribution in [0.1, 0.15) is 29.8 Å². The number of nitrogens with zero attached hydrogens (tertiary/aromatic N) is 4. The first-order chi connectivity index (χ1) is 8.75. The smallest absolute Gasteiger partial charge is 0.354 e. The quantitative estimate of drug-likeness (QED) is 0.867. The zero-order chi connectivity index (χ0) is 12.5. The Balaban J connectivity index is 2.12. The van der Waals surface area contributed by atoms with Crippen molar-refractivity contribution in [1.82, 2.24) is 14.6 Å². The summed E-state index contributed by atoms with van der Waals surface area (Å²) in [7, 11) is 0. The molecule has 3 heterocycles. The van der Waals surface area contributed by atoms with E-state index in [0.717, 1.165) is 31.7 Å². The molecule has 1 aliphatic rings. The van der Waals surface area contributed by atoms with E-state index < -0.39 is 5.97 Å². The Morgan fingerprint density at radius 1 is 1.28 bits per heavy atom. The summed E-state index contributed by atoms with van der Waals surface area (Å²) >= 11 is 0. The highest BCUT2D eigenvalue weighted by Gasteiger charge is 2.18. The molecule has 94 valence electrons. The van der Waals surface area contributed by atoms with Crippen LogP contribution in [0.5, 0.6) is 0 Å². The molecule has 6 nitrogen and oxygen atoms in total. The van der Waals surface area contributed by atoms with Crippen LogP contribution in [0.25, 0.3) is 5.65 Å². The van der Waals surface area contributed by atoms with Crippen LogP contribution >= 0.6 is 0 Å². The molecule has 1 fully saturated rings. The van der Waals surface area contributed by atoms with Crippen molar-refractivity contribution in [2.45, 2.75) is 19.3 Å². The third-order valence-electron chi connectivity index (χ3n) is 3.24. The molecule has 1 saturated heterocycles. The van der Waals surface area contributed by atoms with Gasteiger partial charge < -0.3 is 10.0 Å². The maximum absolute atomic E-state index is 11.1. The van der Waals surface area contributed by atoms with Gasteiger partial charge in [0.1, 0.15) is 5.82 Å².